The first-order valence-corrected chi connectivity index (χ1v) is 41.1. The van der Waals surface area contributed by atoms with Crippen LogP contribution in [0.1, 0.15) is 0 Å². The fraction of sp³-hybridized carbons (Fsp3) is 0. The largest absolute Gasteiger partial charge is 0.265 e. The van der Waals surface area contributed by atoms with Crippen LogP contribution in [0.25, 0.3) is 203 Å². The standard InChI is InChI=1S/C38H26N4.2C36H24N6/c1-3-9-27(10-4-1)29-14-20-32(21-15-29)36-40-37(33-22-16-30(17-23-33)28-11-5-2-6-12-28)42-38(41-36)34-24-18-31(19-25-34)35-13-7-8-26-39-35;1-4-22-37-31(7-1)25-10-16-28(17-11-25)34-40-35(29-18-12-26(13-19-29)32-8-2-5-23-38-32)42-36(41-34)30-20-14-27(15-21-30)33-9-3-6-24-39-33;1-2-18-39-33(9-1)27-10-12-28(13-11-27)34-40-35(31-7-3-5-29(23-31)25-14-19-37-20-15-25)42-36(41-34)32-8-4-6-30(24-32)26-16-21-38-22-17-26/h1-26H;2*1-24H. The molecule has 11 aromatic carbocycles. The van der Waals surface area contributed by atoms with E-state index < -0.39 is 0 Å². The molecule has 0 unspecified atom stereocenters. The van der Waals surface area contributed by atoms with Crippen molar-refractivity contribution in [2.24, 2.45) is 0 Å². The molecule has 0 atom stereocenters. The molecular formula is C110H74N16. The molecule has 126 heavy (non-hydrogen) atoms. The average Bonchev–Trinajstić information content (AvgIpc) is 0.796. The lowest BCUT2D eigenvalue weighted by Crippen LogP contribution is -2.00. The number of benzene rings is 11. The first kappa shape index (κ1) is 78.4. The highest BCUT2D eigenvalue weighted by Crippen LogP contribution is 2.36. The van der Waals surface area contributed by atoms with E-state index in [2.05, 4.69) is 180 Å². The third kappa shape index (κ3) is 18.6. The molecule has 0 saturated heterocycles. The fourth-order valence-corrected chi connectivity index (χ4v) is 14.6. The maximum Gasteiger partial charge on any atom is 0.164 e. The van der Waals surface area contributed by atoms with Gasteiger partial charge >= 0.3 is 0 Å². The number of rotatable bonds is 18. The van der Waals surface area contributed by atoms with Gasteiger partial charge in [-0.2, -0.15) is 0 Å². The Kier molecular flexibility index (Phi) is 23.3. The summed E-state index contributed by atoms with van der Waals surface area (Å²) in [5.41, 5.74) is 26.9. The van der Waals surface area contributed by atoms with E-state index >= 15 is 0 Å². The van der Waals surface area contributed by atoms with Crippen LogP contribution in [0.15, 0.2) is 450 Å². The van der Waals surface area contributed by atoms with Gasteiger partial charge in [0.2, 0.25) is 0 Å². The van der Waals surface area contributed by atoms with Crippen LogP contribution in [0.4, 0.5) is 0 Å². The van der Waals surface area contributed by atoms with Crippen molar-refractivity contribution in [1.29, 1.82) is 0 Å². The summed E-state index contributed by atoms with van der Waals surface area (Å²) in [6, 6.07) is 132. The topological polar surface area (TPSA) is 206 Å². The van der Waals surface area contributed by atoms with Crippen LogP contribution in [0.5, 0.6) is 0 Å². The molecule has 16 nitrogen and oxygen atoms in total. The molecule has 0 radical (unpaired) electrons. The van der Waals surface area contributed by atoms with Crippen molar-refractivity contribution < 1.29 is 0 Å². The molecule has 0 spiro atoms. The van der Waals surface area contributed by atoms with Gasteiger partial charge in [-0.1, -0.05) is 297 Å². The predicted octanol–water partition coefficient (Wildman–Crippen LogP) is 25.4. The fourth-order valence-electron chi connectivity index (χ4n) is 14.6. The average molecular weight is 1620 g/mol. The number of hydrogen-bond acceptors (Lipinski definition) is 16. The van der Waals surface area contributed by atoms with E-state index in [1.54, 1.807) is 55.8 Å². The Bertz CT molecular complexity index is 6310. The minimum Gasteiger partial charge on any atom is -0.265 e. The van der Waals surface area contributed by atoms with E-state index in [9.17, 15) is 0 Å². The van der Waals surface area contributed by atoms with Gasteiger partial charge in [0.1, 0.15) is 0 Å². The summed E-state index contributed by atoms with van der Waals surface area (Å²) in [6.07, 6.45) is 16.2. The third-order valence-electron chi connectivity index (χ3n) is 21.2. The van der Waals surface area contributed by atoms with Crippen molar-refractivity contribution >= 4 is 0 Å². The second kappa shape index (κ2) is 37.4. The highest BCUT2D eigenvalue weighted by atomic mass is 15.1. The van der Waals surface area contributed by atoms with Gasteiger partial charge in [-0.25, -0.2) is 44.9 Å². The summed E-state index contributed by atoms with van der Waals surface area (Å²) in [5.74, 6) is 5.52. The first-order chi connectivity index (χ1) is 62.4. The lowest BCUT2D eigenvalue weighted by molar-refractivity contribution is 1.07. The van der Waals surface area contributed by atoms with Crippen LogP contribution in [-0.2, 0) is 0 Å². The second-order valence-corrected chi connectivity index (χ2v) is 29.4. The summed E-state index contributed by atoms with van der Waals surface area (Å²) in [7, 11) is 0. The Morgan fingerprint density at radius 1 is 0.103 bits per heavy atom. The van der Waals surface area contributed by atoms with Gasteiger partial charge in [0.25, 0.3) is 0 Å². The van der Waals surface area contributed by atoms with Crippen molar-refractivity contribution in [1.82, 2.24) is 79.7 Å². The second-order valence-electron chi connectivity index (χ2n) is 29.4. The maximum absolute atomic E-state index is 4.98. The number of aromatic nitrogens is 16. The van der Waals surface area contributed by atoms with Gasteiger partial charge in [0.05, 0.1) is 28.5 Å². The Hall–Kier alpha value is -17.5. The number of nitrogens with zero attached hydrogens (tertiary/aromatic N) is 16. The third-order valence-corrected chi connectivity index (χ3v) is 21.2. The molecule has 10 aromatic heterocycles. The molecule has 0 aliphatic carbocycles. The highest BCUT2D eigenvalue weighted by Gasteiger charge is 2.20. The molecule has 0 N–H and O–H groups in total. The minimum absolute atomic E-state index is 0.602. The quantitative estimate of drug-likeness (QED) is 0.0783. The molecule has 21 aromatic rings. The van der Waals surface area contributed by atoms with E-state index in [1.807, 2.05) is 249 Å². The van der Waals surface area contributed by atoms with Crippen LogP contribution in [0.2, 0.25) is 0 Å². The smallest absolute Gasteiger partial charge is 0.164 e. The van der Waals surface area contributed by atoms with Crippen LogP contribution >= 0.6 is 0 Å². The lowest BCUT2D eigenvalue weighted by atomic mass is 10.0. The van der Waals surface area contributed by atoms with E-state index in [0.29, 0.717) is 52.4 Å². The molecule has 0 saturated carbocycles. The SMILES string of the molecule is c1ccc(-c2ccc(-c3nc(-c4ccc(-c5ccccc5)cc4)nc(-c4ccc(-c5ccccn5)cc4)n3)cc2)cc1.c1ccc(-c2ccc(-c3nc(-c4ccc(-c5ccccn5)cc4)nc(-c4ccc(-c5ccccn5)cc4)n3)cc2)nc1.c1ccc(-c2ccc(-c3nc(-c4cccc(-c5ccncc5)c4)nc(-c4cccc(-c5ccncc5)c4)n3)cc2)nc1. The van der Waals surface area contributed by atoms with Crippen LogP contribution in [0.3, 0.4) is 0 Å². The lowest BCUT2D eigenvalue weighted by Gasteiger charge is -2.11. The number of pyridine rings is 7. The molecule has 0 aliphatic heterocycles. The van der Waals surface area contributed by atoms with Crippen molar-refractivity contribution in [3.63, 3.8) is 0 Å². The van der Waals surface area contributed by atoms with Crippen molar-refractivity contribution in [3.05, 3.63) is 450 Å². The zero-order chi connectivity index (χ0) is 84.4. The summed E-state index contributed by atoms with van der Waals surface area (Å²) >= 11 is 0. The molecule has 0 fully saturated rings. The van der Waals surface area contributed by atoms with Crippen LogP contribution in [-0.4, -0.2) is 79.7 Å². The van der Waals surface area contributed by atoms with Crippen LogP contribution in [0, 0.1) is 0 Å². The van der Waals surface area contributed by atoms with Crippen molar-refractivity contribution in [2.75, 3.05) is 0 Å². The first-order valence-electron chi connectivity index (χ1n) is 41.1. The molecule has 10 heterocycles. The Labute approximate surface area is 728 Å². The summed E-state index contributed by atoms with van der Waals surface area (Å²) < 4.78 is 0. The van der Waals surface area contributed by atoms with Crippen molar-refractivity contribution in [2.45, 2.75) is 0 Å². The van der Waals surface area contributed by atoms with E-state index in [-0.39, 0.29) is 0 Å². The van der Waals surface area contributed by atoms with E-state index in [1.165, 1.54) is 11.1 Å². The van der Waals surface area contributed by atoms with Gasteiger partial charge < -0.3 is 0 Å². The normalized spacial score (nSPS) is 10.9. The van der Waals surface area contributed by atoms with Crippen molar-refractivity contribution in [3.8, 4) is 203 Å². The molecule has 16 heteroatoms. The van der Waals surface area contributed by atoms with Crippen LogP contribution < -0.4 is 0 Å². The minimum atomic E-state index is 0.602. The predicted molar refractivity (Wildman–Crippen MR) is 502 cm³/mol. The Morgan fingerprint density at radius 2 is 0.270 bits per heavy atom. The van der Waals surface area contributed by atoms with Gasteiger partial charge in [0.15, 0.2) is 52.4 Å². The molecular weight excluding hydrogens is 1550 g/mol. The maximum atomic E-state index is 4.98. The molecule has 0 bridgehead atoms. The highest BCUT2D eigenvalue weighted by molar-refractivity contribution is 5.79. The van der Waals surface area contributed by atoms with Gasteiger partial charge in [-0.05, 0) is 142 Å². The number of hydrogen-bond donors (Lipinski definition) is 0. The van der Waals surface area contributed by atoms with Gasteiger partial charge in [0, 0.05) is 134 Å². The Morgan fingerprint density at radius 3 is 0.484 bits per heavy atom. The zero-order valence-electron chi connectivity index (χ0n) is 67.9. The molecule has 0 aliphatic rings. The summed E-state index contributed by atoms with van der Waals surface area (Å²) in [5, 5.41) is 0. The molecule has 594 valence electrons. The van der Waals surface area contributed by atoms with Gasteiger partial charge in [-0.15, -0.1) is 0 Å². The van der Waals surface area contributed by atoms with E-state index in [4.69, 9.17) is 44.9 Å². The molecule has 21 rings (SSSR count). The monoisotopic (exact) mass is 1620 g/mol. The summed E-state index contributed by atoms with van der Waals surface area (Å²) in [6.45, 7) is 0. The van der Waals surface area contributed by atoms with Gasteiger partial charge in [-0.3, -0.25) is 34.9 Å². The molecule has 0 amide bonds. The summed E-state index contributed by atoms with van der Waals surface area (Å²) in [4.78, 5) is 75.1. The Balaban J connectivity index is 0.000000123. The van der Waals surface area contributed by atoms with E-state index in [0.717, 1.165) is 140 Å². The zero-order valence-corrected chi connectivity index (χ0v) is 67.9.